The van der Waals surface area contributed by atoms with Crippen LogP contribution in [0.3, 0.4) is 0 Å². The molecule has 0 aliphatic carbocycles. The summed E-state index contributed by atoms with van der Waals surface area (Å²) in [5.41, 5.74) is 0.858. The molecule has 1 aliphatic rings. The number of hydrogen-bond donors (Lipinski definition) is 1. The van der Waals surface area contributed by atoms with E-state index in [4.69, 9.17) is 23.2 Å². The van der Waals surface area contributed by atoms with E-state index in [0.717, 1.165) is 4.90 Å². The molecule has 0 fully saturated rings. The van der Waals surface area contributed by atoms with Crippen molar-refractivity contribution in [1.82, 2.24) is 0 Å². The third-order valence-electron chi connectivity index (χ3n) is 2.15. The van der Waals surface area contributed by atoms with Crippen LogP contribution in [0.4, 0.5) is 5.69 Å². The maximum Gasteiger partial charge on any atom is 0.234 e. The second kappa shape index (κ2) is 4.65. The van der Waals surface area contributed by atoms with E-state index in [-0.39, 0.29) is 22.6 Å². The number of Topliss-reactive ketones (excluding diaryl/α,β-unsaturated/α-hetero) is 1. The van der Waals surface area contributed by atoms with Crippen LogP contribution in [-0.4, -0.2) is 23.3 Å². The van der Waals surface area contributed by atoms with Crippen LogP contribution in [0.5, 0.6) is 0 Å². The van der Waals surface area contributed by atoms with Gasteiger partial charge in [0.05, 0.1) is 22.3 Å². The second-order valence-corrected chi connectivity index (χ2v) is 4.86. The number of thioether (sulfide) groups is 1. The van der Waals surface area contributed by atoms with Gasteiger partial charge >= 0.3 is 0 Å². The first-order valence-corrected chi connectivity index (χ1v) is 6.37. The zero-order valence-corrected chi connectivity index (χ0v) is 10.4. The normalized spacial score (nSPS) is 14.2. The van der Waals surface area contributed by atoms with Crippen LogP contribution in [0.25, 0.3) is 0 Å². The third-order valence-corrected chi connectivity index (χ3v) is 3.84. The highest BCUT2D eigenvalue weighted by molar-refractivity contribution is 8.00. The molecule has 0 bridgehead atoms. The number of carbonyl (C=O) groups excluding carboxylic acids is 2. The average molecular weight is 276 g/mol. The molecule has 1 aromatic carbocycles. The van der Waals surface area contributed by atoms with Crippen LogP contribution in [-0.2, 0) is 4.79 Å². The fraction of sp³-hybridized carbons (Fsp3) is 0.200. The fourth-order valence-electron chi connectivity index (χ4n) is 1.40. The molecule has 0 spiro atoms. The van der Waals surface area contributed by atoms with Crippen molar-refractivity contribution < 1.29 is 9.59 Å². The zero-order valence-electron chi connectivity index (χ0n) is 8.05. The number of rotatable bonds is 2. The monoisotopic (exact) mass is 275 g/mol. The van der Waals surface area contributed by atoms with Gasteiger partial charge in [0.15, 0.2) is 5.78 Å². The van der Waals surface area contributed by atoms with Crippen LogP contribution in [0.15, 0.2) is 17.0 Å². The maximum atomic E-state index is 11.5. The van der Waals surface area contributed by atoms with Crippen molar-refractivity contribution >= 4 is 52.3 Å². The molecule has 0 saturated heterocycles. The number of carbonyl (C=O) groups is 2. The van der Waals surface area contributed by atoms with Gasteiger partial charge in [-0.15, -0.1) is 23.4 Å². The number of amides is 1. The van der Waals surface area contributed by atoms with E-state index in [1.807, 2.05) is 0 Å². The molecule has 0 saturated carbocycles. The summed E-state index contributed by atoms with van der Waals surface area (Å²) in [6.45, 7) is 0. The molecule has 2 rings (SSSR count). The maximum absolute atomic E-state index is 11.5. The van der Waals surface area contributed by atoms with Crippen LogP contribution >= 0.6 is 35.0 Å². The molecule has 0 aromatic heterocycles. The summed E-state index contributed by atoms with van der Waals surface area (Å²) >= 11 is 12.9. The number of alkyl halides is 1. The van der Waals surface area contributed by atoms with Gasteiger partial charge < -0.3 is 5.32 Å². The minimum absolute atomic E-state index is 0.116. The van der Waals surface area contributed by atoms with Crippen molar-refractivity contribution in [2.24, 2.45) is 0 Å². The minimum atomic E-state index is -0.251. The van der Waals surface area contributed by atoms with Gasteiger partial charge in [-0.3, -0.25) is 9.59 Å². The molecule has 84 valence electrons. The SMILES string of the molecule is O=C1CSc2ccc(C(=O)CCl)c(Cl)c2N1. The van der Waals surface area contributed by atoms with Crippen molar-refractivity contribution in [2.75, 3.05) is 16.9 Å². The number of hydrogen-bond acceptors (Lipinski definition) is 3. The largest absolute Gasteiger partial charge is 0.323 e. The summed E-state index contributed by atoms with van der Waals surface area (Å²) in [6, 6.07) is 3.40. The predicted octanol–water partition coefficient (Wildman–Crippen LogP) is 2.81. The summed E-state index contributed by atoms with van der Waals surface area (Å²) < 4.78 is 0. The molecule has 1 N–H and O–H groups in total. The summed E-state index contributed by atoms with van der Waals surface area (Å²) in [7, 11) is 0. The Kier molecular flexibility index (Phi) is 3.42. The molecule has 1 heterocycles. The lowest BCUT2D eigenvalue weighted by Crippen LogP contribution is -2.19. The Balaban J connectivity index is 2.50. The second-order valence-electron chi connectivity index (χ2n) is 3.19. The van der Waals surface area contributed by atoms with E-state index in [9.17, 15) is 9.59 Å². The van der Waals surface area contributed by atoms with Gasteiger partial charge in [-0.25, -0.2) is 0 Å². The Bertz CT molecular complexity index is 476. The van der Waals surface area contributed by atoms with E-state index >= 15 is 0 Å². The standard InChI is InChI=1S/C10H7Cl2NO2S/c11-3-6(14)5-1-2-7-10(9(5)12)13-8(15)4-16-7/h1-2H,3-4H2,(H,13,15). The number of halogens is 2. The molecule has 6 heteroatoms. The number of anilines is 1. The number of benzene rings is 1. The van der Waals surface area contributed by atoms with Crippen LogP contribution in [0.1, 0.15) is 10.4 Å². The summed E-state index contributed by atoms with van der Waals surface area (Å²) in [5, 5.41) is 2.93. The van der Waals surface area contributed by atoms with Crippen molar-refractivity contribution in [3.63, 3.8) is 0 Å². The summed E-state index contributed by atoms with van der Waals surface area (Å²) in [4.78, 5) is 23.6. The van der Waals surface area contributed by atoms with Crippen molar-refractivity contribution in [3.05, 3.63) is 22.7 Å². The lowest BCUT2D eigenvalue weighted by atomic mass is 10.1. The van der Waals surface area contributed by atoms with E-state index in [0.29, 0.717) is 17.0 Å². The molecule has 1 amide bonds. The van der Waals surface area contributed by atoms with Gasteiger partial charge in [0.1, 0.15) is 0 Å². The first-order valence-electron chi connectivity index (χ1n) is 4.48. The average Bonchev–Trinajstić information content (AvgIpc) is 2.29. The number of ketones is 1. The van der Waals surface area contributed by atoms with Crippen LogP contribution in [0.2, 0.25) is 5.02 Å². The smallest absolute Gasteiger partial charge is 0.234 e. The molecular formula is C10H7Cl2NO2S. The Morgan fingerprint density at radius 2 is 2.25 bits per heavy atom. The summed E-state index contributed by atoms with van der Waals surface area (Å²) in [5.74, 6) is -0.125. The number of nitrogens with one attached hydrogen (secondary N) is 1. The molecule has 1 aromatic rings. The van der Waals surface area contributed by atoms with Gasteiger partial charge in [0.25, 0.3) is 0 Å². The number of fused-ring (bicyclic) bond motifs is 1. The Labute approximate surface area is 106 Å². The quantitative estimate of drug-likeness (QED) is 0.667. The third kappa shape index (κ3) is 2.05. The van der Waals surface area contributed by atoms with Gasteiger partial charge in [0, 0.05) is 10.5 Å². The van der Waals surface area contributed by atoms with Crippen molar-refractivity contribution in [3.8, 4) is 0 Å². The van der Waals surface area contributed by atoms with Gasteiger partial charge in [-0.2, -0.15) is 0 Å². The molecule has 0 unspecified atom stereocenters. The molecule has 0 atom stereocenters. The predicted molar refractivity (Wildman–Crippen MR) is 65.9 cm³/mol. The molecule has 1 aliphatic heterocycles. The zero-order chi connectivity index (χ0) is 11.7. The van der Waals surface area contributed by atoms with E-state index in [1.165, 1.54) is 11.8 Å². The highest BCUT2D eigenvalue weighted by Crippen LogP contribution is 2.38. The van der Waals surface area contributed by atoms with Gasteiger partial charge in [-0.1, -0.05) is 11.6 Å². The van der Waals surface area contributed by atoms with Crippen LogP contribution in [0, 0.1) is 0 Å². The molecular weight excluding hydrogens is 269 g/mol. The van der Waals surface area contributed by atoms with Crippen LogP contribution < -0.4 is 5.32 Å². The highest BCUT2D eigenvalue weighted by Gasteiger charge is 2.21. The summed E-state index contributed by atoms with van der Waals surface area (Å²) in [6.07, 6.45) is 0. The van der Waals surface area contributed by atoms with Crippen molar-refractivity contribution in [2.45, 2.75) is 4.90 Å². The fourth-order valence-corrected chi connectivity index (χ4v) is 2.74. The van der Waals surface area contributed by atoms with E-state index in [1.54, 1.807) is 12.1 Å². The van der Waals surface area contributed by atoms with Crippen molar-refractivity contribution in [1.29, 1.82) is 0 Å². The van der Waals surface area contributed by atoms with E-state index in [2.05, 4.69) is 5.32 Å². The minimum Gasteiger partial charge on any atom is -0.323 e. The first-order chi connectivity index (χ1) is 7.63. The topological polar surface area (TPSA) is 46.2 Å². The highest BCUT2D eigenvalue weighted by atomic mass is 35.5. The lowest BCUT2D eigenvalue weighted by molar-refractivity contribution is -0.113. The van der Waals surface area contributed by atoms with Gasteiger partial charge in [-0.05, 0) is 12.1 Å². The molecule has 3 nitrogen and oxygen atoms in total. The first kappa shape index (κ1) is 11.8. The Hall–Kier alpha value is -0.710. The Morgan fingerprint density at radius 3 is 2.94 bits per heavy atom. The molecule has 16 heavy (non-hydrogen) atoms. The molecule has 0 radical (unpaired) electrons. The van der Waals surface area contributed by atoms with E-state index < -0.39 is 0 Å². The Morgan fingerprint density at radius 1 is 1.50 bits per heavy atom. The lowest BCUT2D eigenvalue weighted by Gasteiger charge is -2.18. The van der Waals surface area contributed by atoms with Gasteiger partial charge in [0.2, 0.25) is 5.91 Å².